The normalized spacial score (nSPS) is 18.5. The third-order valence-electron chi connectivity index (χ3n) is 4.05. The molecule has 24 heavy (non-hydrogen) atoms. The summed E-state index contributed by atoms with van der Waals surface area (Å²) in [5.74, 6) is -2.12. The van der Waals surface area contributed by atoms with Crippen molar-refractivity contribution in [1.82, 2.24) is 10.2 Å². The van der Waals surface area contributed by atoms with E-state index in [1.165, 1.54) is 0 Å². The molecule has 0 aromatic heterocycles. The summed E-state index contributed by atoms with van der Waals surface area (Å²) in [6.07, 6.45) is 0.309. The van der Waals surface area contributed by atoms with Crippen LogP contribution < -0.4 is 5.32 Å². The molecule has 7 nitrogen and oxygen atoms in total. The molecule has 130 valence electrons. The Morgan fingerprint density at radius 3 is 2.71 bits per heavy atom. The second kappa shape index (κ2) is 8.44. The lowest BCUT2D eigenvalue weighted by atomic mass is 10.0. The number of benzene rings is 1. The smallest absolute Gasteiger partial charge is 0.326 e. The second-order valence-corrected chi connectivity index (χ2v) is 5.82. The van der Waals surface area contributed by atoms with Crippen LogP contribution in [0.4, 0.5) is 0 Å². The monoisotopic (exact) mass is 334 g/mol. The van der Waals surface area contributed by atoms with Gasteiger partial charge in [0.05, 0.1) is 12.5 Å². The minimum atomic E-state index is -1.09. The molecular formula is C17H22N2O5. The highest BCUT2D eigenvalue weighted by molar-refractivity contribution is 5.91. The fourth-order valence-electron chi connectivity index (χ4n) is 2.70. The molecule has 2 amide bonds. The van der Waals surface area contributed by atoms with Crippen LogP contribution in [0.15, 0.2) is 30.3 Å². The molecule has 0 radical (unpaired) electrons. The largest absolute Gasteiger partial charge is 0.480 e. The van der Waals surface area contributed by atoms with Gasteiger partial charge >= 0.3 is 5.97 Å². The number of nitrogens with one attached hydrogen (secondary N) is 1. The first-order valence-electron chi connectivity index (χ1n) is 7.85. The summed E-state index contributed by atoms with van der Waals surface area (Å²) >= 11 is 0. The van der Waals surface area contributed by atoms with Crippen molar-refractivity contribution in [2.24, 2.45) is 5.92 Å². The minimum Gasteiger partial charge on any atom is -0.480 e. The Kier molecular flexibility index (Phi) is 6.31. The highest BCUT2D eigenvalue weighted by Gasteiger charge is 2.35. The van der Waals surface area contributed by atoms with E-state index in [0.29, 0.717) is 19.7 Å². The summed E-state index contributed by atoms with van der Waals surface area (Å²) in [4.78, 5) is 37.2. The number of likely N-dealkylation sites (tertiary alicyclic amines) is 1. The number of amides is 2. The Balaban J connectivity index is 1.93. The predicted molar refractivity (Wildman–Crippen MR) is 86.3 cm³/mol. The van der Waals surface area contributed by atoms with Gasteiger partial charge in [0.25, 0.3) is 0 Å². The number of rotatable bonds is 8. The van der Waals surface area contributed by atoms with Crippen molar-refractivity contribution in [3.05, 3.63) is 35.9 Å². The van der Waals surface area contributed by atoms with E-state index in [1.54, 1.807) is 12.0 Å². The Morgan fingerprint density at radius 1 is 1.38 bits per heavy atom. The van der Waals surface area contributed by atoms with Crippen molar-refractivity contribution in [2.75, 3.05) is 26.8 Å². The average molecular weight is 334 g/mol. The number of aliphatic carboxylic acids is 1. The Labute approximate surface area is 140 Å². The van der Waals surface area contributed by atoms with Gasteiger partial charge in [0.15, 0.2) is 0 Å². The van der Waals surface area contributed by atoms with E-state index >= 15 is 0 Å². The zero-order valence-electron chi connectivity index (χ0n) is 13.6. The van der Waals surface area contributed by atoms with E-state index < -0.39 is 23.8 Å². The van der Waals surface area contributed by atoms with Gasteiger partial charge in [0, 0.05) is 33.0 Å². The molecule has 1 saturated heterocycles. The molecule has 1 heterocycles. The van der Waals surface area contributed by atoms with Crippen LogP contribution in [0.3, 0.4) is 0 Å². The summed E-state index contributed by atoms with van der Waals surface area (Å²) in [6, 6.07) is 8.10. The highest BCUT2D eigenvalue weighted by atomic mass is 16.5. The SMILES string of the molecule is COCCN1CC(C(=O)N[C@@H](Cc2ccccc2)C(=O)O)CC1=O. The third kappa shape index (κ3) is 4.79. The standard InChI is InChI=1S/C17H22N2O5/c1-24-8-7-19-11-13(10-15(19)20)16(21)18-14(17(22)23)9-12-5-3-2-4-6-12/h2-6,13-14H,7-11H2,1H3,(H,18,21)(H,22,23)/t13?,14-/m0/s1. The van der Waals surface area contributed by atoms with Crippen LogP contribution in [-0.4, -0.2) is 60.6 Å². The Morgan fingerprint density at radius 2 is 2.08 bits per heavy atom. The molecule has 1 unspecified atom stereocenters. The minimum absolute atomic E-state index is 0.104. The lowest BCUT2D eigenvalue weighted by molar-refractivity contribution is -0.142. The molecule has 2 N–H and O–H groups in total. The number of hydrogen-bond acceptors (Lipinski definition) is 4. The molecule has 7 heteroatoms. The first kappa shape index (κ1) is 17.9. The molecule has 0 aliphatic carbocycles. The lowest BCUT2D eigenvalue weighted by Crippen LogP contribution is -2.45. The van der Waals surface area contributed by atoms with Gasteiger partial charge in [-0.05, 0) is 5.56 Å². The molecule has 1 aromatic rings. The summed E-state index contributed by atoms with van der Waals surface area (Å²) in [6.45, 7) is 1.14. The number of nitrogens with zero attached hydrogens (tertiary/aromatic N) is 1. The zero-order chi connectivity index (χ0) is 17.5. The fourth-order valence-corrected chi connectivity index (χ4v) is 2.70. The lowest BCUT2D eigenvalue weighted by Gasteiger charge is -2.18. The average Bonchev–Trinajstić information content (AvgIpc) is 2.94. The summed E-state index contributed by atoms with van der Waals surface area (Å²) in [5, 5.41) is 11.9. The van der Waals surface area contributed by atoms with E-state index in [0.717, 1.165) is 5.56 Å². The van der Waals surface area contributed by atoms with Crippen molar-refractivity contribution >= 4 is 17.8 Å². The maximum Gasteiger partial charge on any atom is 0.326 e. The van der Waals surface area contributed by atoms with Crippen LogP contribution in [0, 0.1) is 5.92 Å². The van der Waals surface area contributed by atoms with Crippen molar-refractivity contribution in [3.63, 3.8) is 0 Å². The first-order valence-corrected chi connectivity index (χ1v) is 7.85. The molecule has 0 spiro atoms. The maximum atomic E-state index is 12.3. The van der Waals surface area contributed by atoms with Gasteiger partial charge in [-0.2, -0.15) is 0 Å². The van der Waals surface area contributed by atoms with E-state index in [2.05, 4.69) is 5.32 Å². The molecule has 1 aliphatic rings. The van der Waals surface area contributed by atoms with Crippen molar-refractivity contribution in [2.45, 2.75) is 18.9 Å². The topological polar surface area (TPSA) is 95.9 Å². The molecule has 1 fully saturated rings. The van der Waals surface area contributed by atoms with Crippen LogP contribution in [0.1, 0.15) is 12.0 Å². The molecule has 0 saturated carbocycles. The Hall–Kier alpha value is -2.41. The van der Waals surface area contributed by atoms with Gasteiger partial charge in [0.2, 0.25) is 11.8 Å². The van der Waals surface area contributed by atoms with Crippen LogP contribution in [0.25, 0.3) is 0 Å². The molecule has 0 bridgehead atoms. The first-order chi connectivity index (χ1) is 11.5. The number of carbonyl (C=O) groups is 3. The van der Waals surface area contributed by atoms with E-state index in [4.69, 9.17) is 4.74 Å². The van der Waals surface area contributed by atoms with E-state index in [1.807, 2.05) is 30.3 Å². The molecule has 2 rings (SSSR count). The Bertz CT molecular complexity index is 590. The third-order valence-corrected chi connectivity index (χ3v) is 4.05. The zero-order valence-corrected chi connectivity index (χ0v) is 13.6. The van der Waals surface area contributed by atoms with Gasteiger partial charge in [-0.3, -0.25) is 9.59 Å². The highest BCUT2D eigenvalue weighted by Crippen LogP contribution is 2.18. The maximum absolute atomic E-state index is 12.3. The second-order valence-electron chi connectivity index (χ2n) is 5.82. The number of methoxy groups -OCH3 is 1. The molecule has 1 aliphatic heterocycles. The van der Waals surface area contributed by atoms with Crippen molar-refractivity contribution in [1.29, 1.82) is 0 Å². The van der Waals surface area contributed by atoms with E-state index in [-0.39, 0.29) is 18.7 Å². The van der Waals surface area contributed by atoms with Gasteiger partial charge in [-0.15, -0.1) is 0 Å². The number of carboxylic acid groups (broad SMARTS) is 1. The van der Waals surface area contributed by atoms with Crippen LogP contribution in [0.5, 0.6) is 0 Å². The van der Waals surface area contributed by atoms with Crippen LogP contribution >= 0.6 is 0 Å². The number of hydrogen-bond donors (Lipinski definition) is 2. The number of ether oxygens (including phenoxy) is 1. The predicted octanol–water partition coefficient (Wildman–Crippen LogP) is 0.293. The van der Waals surface area contributed by atoms with Gasteiger partial charge in [0.1, 0.15) is 6.04 Å². The van der Waals surface area contributed by atoms with Crippen molar-refractivity contribution < 1.29 is 24.2 Å². The molecule has 2 atom stereocenters. The number of carbonyl (C=O) groups excluding carboxylic acids is 2. The van der Waals surface area contributed by atoms with Crippen molar-refractivity contribution in [3.8, 4) is 0 Å². The fraction of sp³-hybridized carbons (Fsp3) is 0.471. The summed E-state index contributed by atoms with van der Waals surface area (Å²) < 4.78 is 4.94. The van der Waals surface area contributed by atoms with Gasteiger partial charge < -0.3 is 20.1 Å². The van der Waals surface area contributed by atoms with Crippen LogP contribution in [-0.2, 0) is 25.5 Å². The number of carboxylic acids is 1. The molecular weight excluding hydrogens is 312 g/mol. The quantitative estimate of drug-likeness (QED) is 0.712. The molecule has 1 aromatic carbocycles. The van der Waals surface area contributed by atoms with Gasteiger partial charge in [-0.1, -0.05) is 30.3 Å². The summed E-state index contributed by atoms with van der Waals surface area (Å²) in [7, 11) is 1.55. The van der Waals surface area contributed by atoms with E-state index in [9.17, 15) is 19.5 Å². The van der Waals surface area contributed by atoms with Gasteiger partial charge in [-0.25, -0.2) is 4.79 Å². The van der Waals surface area contributed by atoms with Crippen LogP contribution in [0.2, 0.25) is 0 Å². The summed E-state index contributed by atoms with van der Waals surface area (Å²) in [5.41, 5.74) is 0.828.